The highest BCUT2D eigenvalue weighted by atomic mass is 16.4. The maximum atomic E-state index is 10.7. The Morgan fingerprint density at radius 3 is 2.80 bits per heavy atom. The Morgan fingerprint density at radius 2 is 2.33 bits per heavy atom. The van der Waals surface area contributed by atoms with Crippen LogP contribution in [0.2, 0.25) is 0 Å². The van der Waals surface area contributed by atoms with Crippen LogP contribution >= 0.6 is 0 Å². The van der Waals surface area contributed by atoms with E-state index in [1.807, 2.05) is 17.8 Å². The highest BCUT2D eigenvalue weighted by Gasteiger charge is 2.36. The molecule has 1 aromatic rings. The number of aryl methyl sites for hydroxylation is 1. The molecule has 1 N–H and O–H groups in total. The summed E-state index contributed by atoms with van der Waals surface area (Å²) in [5.74, 6) is -0.885. The van der Waals surface area contributed by atoms with E-state index in [1.165, 1.54) is 0 Å². The van der Waals surface area contributed by atoms with Crippen LogP contribution in [0.3, 0.4) is 0 Å². The fraction of sp³-hybridized carbons (Fsp3) is 0.600. The summed E-state index contributed by atoms with van der Waals surface area (Å²) < 4.78 is 1.83. The van der Waals surface area contributed by atoms with E-state index in [0.717, 1.165) is 5.69 Å². The molecular weight excluding hydrogens is 194 g/mol. The number of carboxylic acids is 1. The Balaban J connectivity index is 1.97. The van der Waals surface area contributed by atoms with Gasteiger partial charge in [0, 0.05) is 32.4 Å². The number of nitrogens with zero attached hydrogens (tertiary/aromatic N) is 3. The van der Waals surface area contributed by atoms with Gasteiger partial charge in [-0.25, -0.2) is 0 Å². The Kier molecular flexibility index (Phi) is 2.48. The zero-order valence-electron chi connectivity index (χ0n) is 8.92. The minimum Gasteiger partial charge on any atom is -0.481 e. The molecule has 0 spiro atoms. The maximum Gasteiger partial charge on any atom is 0.309 e. The average Bonchev–Trinajstić information content (AvgIpc) is 2.47. The molecule has 0 bridgehead atoms. The van der Waals surface area contributed by atoms with E-state index < -0.39 is 5.97 Å². The highest BCUT2D eigenvalue weighted by molar-refractivity contribution is 5.71. The number of likely N-dealkylation sites (tertiary alicyclic amines) is 1. The lowest BCUT2D eigenvalue weighted by Gasteiger charge is -2.40. The molecule has 0 aromatic carbocycles. The second kappa shape index (κ2) is 3.66. The molecule has 5 heteroatoms. The third-order valence-corrected chi connectivity index (χ3v) is 3.09. The smallest absolute Gasteiger partial charge is 0.309 e. The molecule has 2 rings (SSSR count). The largest absolute Gasteiger partial charge is 0.481 e. The molecule has 5 nitrogen and oxygen atoms in total. The minimum atomic E-state index is -0.691. The summed E-state index contributed by atoms with van der Waals surface area (Å²) in [6.07, 6.45) is 1.76. The maximum absolute atomic E-state index is 10.7. The van der Waals surface area contributed by atoms with E-state index in [1.54, 1.807) is 6.20 Å². The van der Waals surface area contributed by atoms with Gasteiger partial charge in [-0.15, -0.1) is 0 Å². The summed E-state index contributed by atoms with van der Waals surface area (Å²) in [6.45, 7) is 3.36. The van der Waals surface area contributed by atoms with Gasteiger partial charge in [-0.3, -0.25) is 14.4 Å². The van der Waals surface area contributed by atoms with Crippen molar-refractivity contribution < 1.29 is 9.90 Å². The second-order valence-electron chi connectivity index (χ2n) is 4.04. The van der Waals surface area contributed by atoms with Crippen LogP contribution in [0.1, 0.15) is 18.7 Å². The predicted octanol–water partition coefficient (Wildman–Crippen LogP) is 0.497. The van der Waals surface area contributed by atoms with Gasteiger partial charge in [0.15, 0.2) is 0 Å². The zero-order valence-corrected chi connectivity index (χ0v) is 8.92. The summed E-state index contributed by atoms with van der Waals surface area (Å²) in [4.78, 5) is 12.8. The molecule has 0 saturated carbocycles. The van der Waals surface area contributed by atoms with E-state index >= 15 is 0 Å². The third-order valence-electron chi connectivity index (χ3n) is 3.09. The molecule has 0 amide bonds. The van der Waals surface area contributed by atoms with Crippen LogP contribution in [0.15, 0.2) is 12.3 Å². The van der Waals surface area contributed by atoms with Crippen molar-refractivity contribution in [2.75, 3.05) is 13.1 Å². The van der Waals surface area contributed by atoms with Gasteiger partial charge in [0.25, 0.3) is 0 Å². The molecule has 1 aliphatic rings. The number of aromatic nitrogens is 2. The molecule has 82 valence electrons. The van der Waals surface area contributed by atoms with E-state index in [9.17, 15) is 4.79 Å². The van der Waals surface area contributed by atoms with Gasteiger partial charge in [0.1, 0.15) is 0 Å². The Labute approximate surface area is 88.3 Å². The molecular formula is C10H15N3O2. The normalized spacial score (nSPS) is 19.9. The molecule has 1 unspecified atom stereocenters. The summed E-state index contributed by atoms with van der Waals surface area (Å²) >= 11 is 0. The van der Waals surface area contributed by atoms with E-state index in [2.05, 4.69) is 16.9 Å². The van der Waals surface area contributed by atoms with Gasteiger partial charge in [-0.2, -0.15) is 5.10 Å². The predicted molar refractivity (Wildman–Crippen MR) is 54.3 cm³/mol. The standard InChI is InChI=1S/C10H15N3O2/c1-7(9-3-4-11-12(9)2)13-5-8(6-13)10(14)15/h3-4,7-8H,5-6H2,1-2H3,(H,14,15). The average molecular weight is 209 g/mol. The van der Waals surface area contributed by atoms with E-state index in [4.69, 9.17) is 5.11 Å². The number of rotatable bonds is 3. The van der Waals surface area contributed by atoms with Gasteiger partial charge >= 0.3 is 5.97 Å². The third kappa shape index (κ3) is 1.74. The monoisotopic (exact) mass is 209 g/mol. The summed E-state index contributed by atoms with van der Waals surface area (Å²) in [6, 6.07) is 2.21. The van der Waals surface area contributed by atoms with Gasteiger partial charge < -0.3 is 5.11 Å². The fourth-order valence-electron chi connectivity index (χ4n) is 1.97. The van der Waals surface area contributed by atoms with Crippen molar-refractivity contribution in [3.8, 4) is 0 Å². The van der Waals surface area contributed by atoms with Crippen LogP contribution < -0.4 is 0 Å². The minimum absolute atomic E-state index is 0.194. The lowest BCUT2D eigenvalue weighted by atomic mass is 9.97. The summed E-state index contributed by atoms with van der Waals surface area (Å²) in [7, 11) is 1.90. The number of hydrogen-bond acceptors (Lipinski definition) is 3. The van der Waals surface area contributed by atoms with Crippen LogP contribution in [0.5, 0.6) is 0 Å². The van der Waals surface area contributed by atoms with Crippen LogP contribution in [0, 0.1) is 5.92 Å². The molecule has 2 heterocycles. The molecule has 1 aliphatic heterocycles. The highest BCUT2D eigenvalue weighted by Crippen LogP contribution is 2.27. The lowest BCUT2D eigenvalue weighted by molar-refractivity contribution is -0.148. The molecule has 0 aliphatic carbocycles. The summed E-state index contributed by atoms with van der Waals surface area (Å²) in [5.41, 5.74) is 1.12. The van der Waals surface area contributed by atoms with Crippen molar-refractivity contribution in [2.45, 2.75) is 13.0 Å². The number of carboxylic acid groups (broad SMARTS) is 1. The number of aliphatic carboxylic acids is 1. The van der Waals surface area contributed by atoms with Crippen molar-refractivity contribution in [3.63, 3.8) is 0 Å². The summed E-state index contributed by atoms with van der Waals surface area (Å²) in [5, 5.41) is 12.9. The molecule has 15 heavy (non-hydrogen) atoms. The lowest BCUT2D eigenvalue weighted by Crippen LogP contribution is -2.51. The van der Waals surface area contributed by atoms with Gasteiger partial charge in [0.05, 0.1) is 11.6 Å². The van der Waals surface area contributed by atoms with E-state index in [-0.39, 0.29) is 12.0 Å². The van der Waals surface area contributed by atoms with Gasteiger partial charge in [0.2, 0.25) is 0 Å². The second-order valence-corrected chi connectivity index (χ2v) is 4.04. The van der Waals surface area contributed by atoms with Crippen LogP contribution in [0.4, 0.5) is 0 Å². The Bertz CT molecular complexity index is 368. The SMILES string of the molecule is CC(c1ccnn1C)N1CC(C(=O)O)C1. The number of hydrogen-bond donors (Lipinski definition) is 1. The van der Waals surface area contributed by atoms with Crippen LogP contribution in [0.25, 0.3) is 0 Å². The molecule has 1 saturated heterocycles. The first-order valence-electron chi connectivity index (χ1n) is 5.04. The first kappa shape index (κ1) is 10.2. The Morgan fingerprint density at radius 1 is 1.67 bits per heavy atom. The van der Waals surface area contributed by atoms with Crippen molar-refractivity contribution in [1.82, 2.24) is 14.7 Å². The Hall–Kier alpha value is -1.36. The van der Waals surface area contributed by atoms with Crippen LogP contribution in [-0.4, -0.2) is 38.8 Å². The van der Waals surface area contributed by atoms with Crippen molar-refractivity contribution in [3.05, 3.63) is 18.0 Å². The molecule has 1 atom stereocenters. The quantitative estimate of drug-likeness (QED) is 0.787. The first-order valence-corrected chi connectivity index (χ1v) is 5.04. The van der Waals surface area contributed by atoms with Gasteiger partial charge in [-0.1, -0.05) is 0 Å². The molecule has 0 radical (unpaired) electrons. The fourth-order valence-corrected chi connectivity index (χ4v) is 1.97. The first-order chi connectivity index (χ1) is 7.09. The van der Waals surface area contributed by atoms with Gasteiger partial charge in [-0.05, 0) is 13.0 Å². The van der Waals surface area contributed by atoms with Crippen LogP contribution in [-0.2, 0) is 11.8 Å². The van der Waals surface area contributed by atoms with Crippen molar-refractivity contribution >= 4 is 5.97 Å². The molecule has 1 aromatic heterocycles. The topological polar surface area (TPSA) is 58.4 Å². The number of carbonyl (C=O) groups is 1. The van der Waals surface area contributed by atoms with Crippen molar-refractivity contribution in [1.29, 1.82) is 0 Å². The van der Waals surface area contributed by atoms with Crippen molar-refractivity contribution in [2.24, 2.45) is 13.0 Å². The van der Waals surface area contributed by atoms with E-state index in [0.29, 0.717) is 13.1 Å². The zero-order chi connectivity index (χ0) is 11.0. The molecule has 1 fully saturated rings.